The van der Waals surface area contributed by atoms with Gasteiger partial charge in [-0.2, -0.15) is 0 Å². The molecule has 1 aliphatic rings. The molecule has 0 aromatic heterocycles. The first-order valence-corrected chi connectivity index (χ1v) is 3.79. The highest BCUT2D eigenvalue weighted by Crippen LogP contribution is 2.16. The van der Waals surface area contributed by atoms with E-state index in [9.17, 15) is 5.11 Å². The van der Waals surface area contributed by atoms with Crippen LogP contribution in [0.1, 0.15) is 25.7 Å². The fourth-order valence-corrected chi connectivity index (χ4v) is 1.23. The van der Waals surface area contributed by atoms with Gasteiger partial charge < -0.3 is 10.2 Å². The zero-order chi connectivity index (χ0) is 7.40. The third-order valence-corrected chi connectivity index (χ3v) is 1.92. The minimum atomic E-state index is -0.177. The van der Waals surface area contributed by atoms with Gasteiger partial charge in [-0.3, -0.25) is 0 Å². The van der Waals surface area contributed by atoms with Gasteiger partial charge in [0, 0.05) is 0 Å². The molecular formula is C8H14O2. The Hall–Kier alpha value is -0.340. The van der Waals surface area contributed by atoms with E-state index in [4.69, 9.17) is 5.11 Å². The Bertz CT molecular complexity index is 129. The van der Waals surface area contributed by atoms with Gasteiger partial charge in [-0.1, -0.05) is 6.08 Å². The molecule has 0 amide bonds. The lowest BCUT2D eigenvalue weighted by molar-refractivity contribution is 0.167. The Morgan fingerprint density at radius 3 is 3.10 bits per heavy atom. The fourth-order valence-electron chi connectivity index (χ4n) is 1.23. The van der Waals surface area contributed by atoms with E-state index in [2.05, 4.69) is 0 Å². The monoisotopic (exact) mass is 142 g/mol. The van der Waals surface area contributed by atoms with Crippen LogP contribution >= 0.6 is 0 Å². The number of hydrogen-bond donors (Lipinski definition) is 2. The van der Waals surface area contributed by atoms with Crippen LogP contribution in [0, 0.1) is 0 Å². The molecule has 0 saturated carbocycles. The maximum Gasteiger partial charge on any atom is 0.0641 e. The van der Waals surface area contributed by atoms with Gasteiger partial charge in [-0.25, -0.2) is 0 Å². The lowest BCUT2D eigenvalue weighted by Gasteiger charge is -2.01. The summed E-state index contributed by atoms with van der Waals surface area (Å²) in [6.07, 6.45) is 5.33. The maximum atomic E-state index is 9.18. The molecule has 2 N–H and O–H groups in total. The molecule has 0 aromatic carbocycles. The predicted octanol–water partition coefficient (Wildman–Crippen LogP) is 0.840. The van der Waals surface area contributed by atoms with E-state index in [1.54, 1.807) is 0 Å². The molecule has 1 rings (SSSR count). The molecule has 0 saturated heterocycles. The van der Waals surface area contributed by atoms with Gasteiger partial charge in [0.2, 0.25) is 0 Å². The Labute approximate surface area is 61.2 Å². The van der Waals surface area contributed by atoms with Crippen LogP contribution in [0.5, 0.6) is 0 Å². The largest absolute Gasteiger partial charge is 0.393 e. The van der Waals surface area contributed by atoms with Crippen LogP contribution in [-0.2, 0) is 0 Å². The normalized spacial score (nSPS) is 27.4. The average Bonchev–Trinajstić information content (AvgIpc) is 2.14. The first-order chi connectivity index (χ1) is 4.83. The third-order valence-electron chi connectivity index (χ3n) is 1.92. The topological polar surface area (TPSA) is 40.5 Å². The fraction of sp³-hybridized carbons (Fsp3) is 0.750. The zero-order valence-electron chi connectivity index (χ0n) is 6.08. The standard InChI is InChI=1S/C8H14O2/c9-6-7-2-1-3-8(10)5-4-7/h4,8-10H,1-3,5-6H2. The molecule has 0 spiro atoms. The predicted molar refractivity (Wildman–Crippen MR) is 39.6 cm³/mol. The smallest absolute Gasteiger partial charge is 0.0641 e. The van der Waals surface area contributed by atoms with Crippen molar-refractivity contribution in [2.45, 2.75) is 31.8 Å². The second kappa shape index (κ2) is 3.74. The van der Waals surface area contributed by atoms with Gasteiger partial charge in [0.05, 0.1) is 12.7 Å². The summed E-state index contributed by atoms with van der Waals surface area (Å²) in [6, 6.07) is 0. The molecular weight excluding hydrogens is 128 g/mol. The van der Waals surface area contributed by atoms with E-state index >= 15 is 0 Å². The van der Waals surface area contributed by atoms with E-state index in [1.165, 1.54) is 0 Å². The number of rotatable bonds is 1. The highest BCUT2D eigenvalue weighted by molar-refractivity contribution is 5.04. The van der Waals surface area contributed by atoms with Crippen molar-refractivity contribution in [3.8, 4) is 0 Å². The summed E-state index contributed by atoms with van der Waals surface area (Å²) in [6.45, 7) is 0.159. The average molecular weight is 142 g/mol. The van der Waals surface area contributed by atoms with Crippen LogP contribution in [0.2, 0.25) is 0 Å². The Balaban J connectivity index is 2.43. The summed E-state index contributed by atoms with van der Waals surface area (Å²) < 4.78 is 0. The van der Waals surface area contributed by atoms with Crippen molar-refractivity contribution in [2.24, 2.45) is 0 Å². The molecule has 58 valence electrons. The Morgan fingerprint density at radius 2 is 2.40 bits per heavy atom. The van der Waals surface area contributed by atoms with E-state index in [-0.39, 0.29) is 12.7 Å². The molecule has 1 atom stereocenters. The lowest BCUT2D eigenvalue weighted by atomic mass is 10.1. The van der Waals surface area contributed by atoms with Crippen LogP contribution in [0.4, 0.5) is 0 Å². The highest BCUT2D eigenvalue weighted by atomic mass is 16.3. The van der Waals surface area contributed by atoms with E-state index in [1.807, 2.05) is 6.08 Å². The van der Waals surface area contributed by atoms with E-state index in [0.717, 1.165) is 31.3 Å². The Kier molecular flexibility index (Phi) is 2.90. The van der Waals surface area contributed by atoms with Gasteiger partial charge in [0.25, 0.3) is 0 Å². The maximum absolute atomic E-state index is 9.18. The van der Waals surface area contributed by atoms with Crippen molar-refractivity contribution in [2.75, 3.05) is 6.61 Å². The molecule has 0 fully saturated rings. The van der Waals surface area contributed by atoms with Crippen LogP contribution in [0.3, 0.4) is 0 Å². The molecule has 2 heteroatoms. The summed E-state index contributed by atoms with van der Waals surface area (Å²) in [4.78, 5) is 0. The summed E-state index contributed by atoms with van der Waals surface area (Å²) in [7, 11) is 0. The third kappa shape index (κ3) is 2.12. The van der Waals surface area contributed by atoms with Crippen molar-refractivity contribution in [1.29, 1.82) is 0 Å². The van der Waals surface area contributed by atoms with Crippen molar-refractivity contribution in [3.05, 3.63) is 11.6 Å². The minimum Gasteiger partial charge on any atom is -0.393 e. The van der Waals surface area contributed by atoms with Crippen molar-refractivity contribution < 1.29 is 10.2 Å². The van der Waals surface area contributed by atoms with Crippen molar-refractivity contribution in [1.82, 2.24) is 0 Å². The molecule has 0 aromatic rings. The number of aliphatic hydroxyl groups is 2. The van der Waals surface area contributed by atoms with Crippen LogP contribution in [0.25, 0.3) is 0 Å². The summed E-state index contributed by atoms with van der Waals surface area (Å²) >= 11 is 0. The quantitative estimate of drug-likeness (QED) is 0.533. The van der Waals surface area contributed by atoms with Gasteiger partial charge in [-0.05, 0) is 31.3 Å². The summed E-state index contributed by atoms with van der Waals surface area (Å²) in [5.41, 5.74) is 1.08. The van der Waals surface area contributed by atoms with Gasteiger partial charge in [0.15, 0.2) is 0 Å². The molecule has 0 bridgehead atoms. The summed E-state index contributed by atoms with van der Waals surface area (Å²) in [5, 5.41) is 17.9. The molecule has 0 radical (unpaired) electrons. The van der Waals surface area contributed by atoms with E-state index in [0.29, 0.717) is 0 Å². The van der Waals surface area contributed by atoms with Gasteiger partial charge in [0.1, 0.15) is 0 Å². The van der Waals surface area contributed by atoms with Gasteiger partial charge in [-0.15, -0.1) is 0 Å². The molecule has 0 aliphatic heterocycles. The van der Waals surface area contributed by atoms with Crippen molar-refractivity contribution >= 4 is 0 Å². The summed E-state index contributed by atoms with van der Waals surface area (Å²) in [5.74, 6) is 0. The number of aliphatic hydroxyl groups excluding tert-OH is 2. The zero-order valence-corrected chi connectivity index (χ0v) is 6.08. The number of hydrogen-bond acceptors (Lipinski definition) is 2. The molecule has 10 heavy (non-hydrogen) atoms. The van der Waals surface area contributed by atoms with Crippen LogP contribution in [0.15, 0.2) is 11.6 Å². The second-order valence-electron chi connectivity index (χ2n) is 2.80. The van der Waals surface area contributed by atoms with Gasteiger partial charge >= 0.3 is 0 Å². The van der Waals surface area contributed by atoms with E-state index < -0.39 is 0 Å². The Morgan fingerprint density at radius 1 is 1.60 bits per heavy atom. The molecule has 2 nitrogen and oxygen atoms in total. The van der Waals surface area contributed by atoms with Crippen LogP contribution in [-0.4, -0.2) is 22.9 Å². The lowest BCUT2D eigenvalue weighted by Crippen LogP contribution is -2.01. The first-order valence-electron chi connectivity index (χ1n) is 3.79. The molecule has 1 aliphatic carbocycles. The first kappa shape index (κ1) is 7.76. The van der Waals surface area contributed by atoms with Crippen molar-refractivity contribution in [3.63, 3.8) is 0 Å². The SMILES string of the molecule is OCC1=CCC(O)CCC1. The minimum absolute atomic E-state index is 0.159. The van der Waals surface area contributed by atoms with Crippen LogP contribution < -0.4 is 0 Å². The molecule has 0 heterocycles. The second-order valence-corrected chi connectivity index (χ2v) is 2.80. The molecule has 1 unspecified atom stereocenters. The highest BCUT2D eigenvalue weighted by Gasteiger charge is 2.07.